The van der Waals surface area contributed by atoms with E-state index in [0.717, 1.165) is 12.8 Å². The minimum Gasteiger partial charge on any atom is -0.468 e. The molecule has 2 fully saturated rings. The maximum atomic E-state index is 12.5. The molecule has 0 heterocycles. The zero-order chi connectivity index (χ0) is 12.8. The number of methoxy groups -OCH3 is 1. The van der Waals surface area contributed by atoms with Crippen molar-refractivity contribution in [1.82, 2.24) is 0 Å². The molecule has 0 aromatic carbocycles. The molecule has 0 spiro atoms. The van der Waals surface area contributed by atoms with Crippen molar-refractivity contribution in [2.24, 2.45) is 16.7 Å². The Morgan fingerprint density at radius 2 is 1.94 bits per heavy atom. The van der Waals surface area contributed by atoms with E-state index < -0.39 is 23.4 Å². The molecule has 96 valence electrons. The van der Waals surface area contributed by atoms with Crippen LogP contribution in [0.25, 0.3) is 0 Å². The van der Waals surface area contributed by atoms with Crippen LogP contribution in [0.15, 0.2) is 0 Å². The van der Waals surface area contributed by atoms with E-state index in [1.54, 1.807) is 0 Å². The van der Waals surface area contributed by atoms with Gasteiger partial charge in [0.05, 0.1) is 18.6 Å². The quantitative estimate of drug-likeness (QED) is 0.554. The zero-order valence-corrected chi connectivity index (χ0v) is 10.7. The Balaban J connectivity index is 2.36. The van der Waals surface area contributed by atoms with Crippen LogP contribution in [0.2, 0.25) is 0 Å². The van der Waals surface area contributed by atoms with Crippen LogP contribution < -0.4 is 0 Å². The maximum absolute atomic E-state index is 12.5. The number of hydrogen-bond donors (Lipinski definition) is 1. The van der Waals surface area contributed by atoms with Crippen molar-refractivity contribution in [3.63, 3.8) is 0 Å². The number of carbonyl (C=O) groups is 2. The van der Waals surface area contributed by atoms with Crippen LogP contribution in [0.5, 0.6) is 0 Å². The Morgan fingerprint density at radius 1 is 1.35 bits per heavy atom. The van der Waals surface area contributed by atoms with Crippen molar-refractivity contribution in [2.45, 2.75) is 45.6 Å². The van der Waals surface area contributed by atoms with Crippen LogP contribution in [0.4, 0.5) is 0 Å². The summed E-state index contributed by atoms with van der Waals surface area (Å²) in [6.07, 6.45) is 2.21. The third-order valence-corrected chi connectivity index (χ3v) is 5.19. The molecular weight excluding hydrogens is 220 g/mol. The molecule has 0 radical (unpaired) electrons. The lowest BCUT2D eigenvalue weighted by Gasteiger charge is -2.47. The van der Waals surface area contributed by atoms with E-state index in [0.29, 0.717) is 12.8 Å². The van der Waals surface area contributed by atoms with Gasteiger partial charge in [0.15, 0.2) is 5.78 Å². The fourth-order valence-corrected chi connectivity index (χ4v) is 3.58. The van der Waals surface area contributed by atoms with Gasteiger partial charge in [-0.1, -0.05) is 6.92 Å². The summed E-state index contributed by atoms with van der Waals surface area (Å²) in [6.45, 7) is 3.86. The van der Waals surface area contributed by atoms with Crippen LogP contribution in [0, 0.1) is 16.7 Å². The Labute approximate surface area is 101 Å². The molecule has 0 unspecified atom stereocenters. The number of carbonyl (C=O) groups excluding carboxylic acids is 2. The fraction of sp³-hybridized carbons (Fsp3) is 0.846. The molecule has 0 saturated heterocycles. The van der Waals surface area contributed by atoms with Crippen LogP contribution in [0.3, 0.4) is 0 Å². The Bertz CT molecular complexity index is 364. The highest BCUT2D eigenvalue weighted by atomic mass is 16.5. The fourth-order valence-electron chi connectivity index (χ4n) is 3.58. The van der Waals surface area contributed by atoms with Gasteiger partial charge in [0.2, 0.25) is 0 Å². The minimum absolute atomic E-state index is 0.136. The predicted octanol–water partition coefficient (Wildman–Crippen LogP) is 1.31. The highest BCUT2D eigenvalue weighted by Crippen LogP contribution is 2.59. The van der Waals surface area contributed by atoms with E-state index in [2.05, 4.69) is 11.7 Å². The second kappa shape index (κ2) is 3.80. The van der Waals surface area contributed by atoms with Crippen LogP contribution >= 0.6 is 0 Å². The molecular formula is C13H20O4. The molecule has 0 aliphatic heterocycles. The zero-order valence-electron chi connectivity index (χ0n) is 10.7. The van der Waals surface area contributed by atoms with Gasteiger partial charge in [-0.2, -0.15) is 0 Å². The van der Waals surface area contributed by atoms with E-state index in [1.165, 1.54) is 7.11 Å². The molecule has 0 aromatic rings. The topological polar surface area (TPSA) is 63.6 Å². The van der Waals surface area contributed by atoms with E-state index in [4.69, 9.17) is 0 Å². The first-order chi connectivity index (χ1) is 7.87. The van der Waals surface area contributed by atoms with Crippen molar-refractivity contribution in [2.75, 3.05) is 7.11 Å². The molecule has 4 atom stereocenters. The number of rotatable bonds is 1. The number of esters is 1. The molecule has 2 saturated carbocycles. The van der Waals surface area contributed by atoms with Crippen molar-refractivity contribution in [3.05, 3.63) is 0 Å². The van der Waals surface area contributed by atoms with E-state index in [1.807, 2.05) is 6.92 Å². The monoisotopic (exact) mass is 240 g/mol. The second-order valence-electron chi connectivity index (χ2n) is 5.80. The summed E-state index contributed by atoms with van der Waals surface area (Å²) in [5.74, 6) is -1.29. The third-order valence-electron chi connectivity index (χ3n) is 5.19. The van der Waals surface area contributed by atoms with Gasteiger partial charge < -0.3 is 9.84 Å². The Hall–Kier alpha value is -0.900. The molecule has 1 N–H and O–H groups in total. The van der Waals surface area contributed by atoms with Crippen molar-refractivity contribution in [3.8, 4) is 0 Å². The summed E-state index contributed by atoms with van der Waals surface area (Å²) in [7, 11) is 1.30. The SMILES string of the molecule is COC(=O)[C@@H]1CC[C@]2(C)CC[C@H](O)[C@]2(C)C1=O. The average molecular weight is 240 g/mol. The van der Waals surface area contributed by atoms with Crippen LogP contribution in [0.1, 0.15) is 39.5 Å². The molecule has 2 aliphatic carbocycles. The van der Waals surface area contributed by atoms with Crippen molar-refractivity contribution < 1.29 is 19.4 Å². The van der Waals surface area contributed by atoms with Gasteiger partial charge in [-0.15, -0.1) is 0 Å². The van der Waals surface area contributed by atoms with Gasteiger partial charge in [-0.05, 0) is 38.0 Å². The number of ketones is 1. The largest absolute Gasteiger partial charge is 0.468 e. The number of hydrogen-bond acceptors (Lipinski definition) is 4. The predicted molar refractivity (Wildman–Crippen MR) is 61.2 cm³/mol. The van der Waals surface area contributed by atoms with Gasteiger partial charge in [0.25, 0.3) is 0 Å². The van der Waals surface area contributed by atoms with Gasteiger partial charge in [0.1, 0.15) is 5.92 Å². The molecule has 0 amide bonds. The third kappa shape index (κ3) is 1.46. The first kappa shape index (κ1) is 12.6. The average Bonchev–Trinajstić information content (AvgIpc) is 2.55. The van der Waals surface area contributed by atoms with Gasteiger partial charge in [-0.3, -0.25) is 9.59 Å². The normalized spacial score (nSPS) is 45.5. The van der Waals surface area contributed by atoms with E-state index in [9.17, 15) is 14.7 Å². The van der Waals surface area contributed by atoms with Crippen LogP contribution in [-0.2, 0) is 14.3 Å². The molecule has 2 aliphatic rings. The Morgan fingerprint density at radius 3 is 2.53 bits per heavy atom. The van der Waals surface area contributed by atoms with Crippen LogP contribution in [-0.4, -0.2) is 30.1 Å². The molecule has 4 heteroatoms. The molecule has 4 nitrogen and oxygen atoms in total. The smallest absolute Gasteiger partial charge is 0.316 e. The molecule has 17 heavy (non-hydrogen) atoms. The highest BCUT2D eigenvalue weighted by Gasteiger charge is 2.63. The summed E-state index contributed by atoms with van der Waals surface area (Å²) in [6, 6.07) is 0. The standard InChI is InChI=1S/C13H20O4/c1-12-6-4-8(11(16)17-3)10(15)13(12,2)9(14)5-7-12/h8-9,14H,4-7H2,1-3H3/t8-,9+,12-,13-/m1/s1. The number of fused-ring (bicyclic) bond motifs is 1. The molecule has 2 rings (SSSR count). The highest BCUT2D eigenvalue weighted by molar-refractivity contribution is 6.03. The minimum atomic E-state index is -0.788. The Kier molecular flexibility index (Phi) is 2.81. The van der Waals surface area contributed by atoms with E-state index in [-0.39, 0.29) is 11.2 Å². The summed E-state index contributed by atoms with van der Waals surface area (Å²) >= 11 is 0. The lowest BCUT2D eigenvalue weighted by atomic mass is 9.56. The van der Waals surface area contributed by atoms with Gasteiger partial charge in [0, 0.05) is 0 Å². The van der Waals surface area contributed by atoms with Gasteiger partial charge >= 0.3 is 5.97 Å². The molecule has 0 aromatic heterocycles. The summed E-state index contributed by atoms with van der Waals surface area (Å²) < 4.78 is 4.68. The van der Waals surface area contributed by atoms with Crippen molar-refractivity contribution >= 4 is 11.8 Å². The summed E-state index contributed by atoms with van der Waals surface area (Å²) in [5.41, 5.74) is -0.960. The lowest BCUT2D eigenvalue weighted by molar-refractivity contribution is -0.163. The van der Waals surface area contributed by atoms with Gasteiger partial charge in [-0.25, -0.2) is 0 Å². The second-order valence-corrected chi connectivity index (χ2v) is 5.80. The lowest BCUT2D eigenvalue weighted by Crippen LogP contribution is -2.54. The van der Waals surface area contributed by atoms with Crippen molar-refractivity contribution in [1.29, 1.82) is 0 Å². The van der Waals surface area contributed by atoms with E-state index >= 15 is 0 Å². The number of ether oxygens (including phenoxy) is 1. The number of aliphatic hydroxyl groups is 1. The maximum Gasteiger partial charge on any atom is 0.316 e. The number of Topliss-reactive ketones (excluding diaryl/α,β-unsaturated/α-hetero) is 1. The number of aliphatic hydroxyl groups excluding tert-OH is 1. The first-order valence-corrected chi connectivity index (χ1v) is 6.17. The summed E-state index contributed by atoms with van der Waals surface area (Å²) in [5, 5.41) is 10.1. The molecule has 0 bridgehead atoms. The summed E-state index contributed by atoms with van der Waals surface area (Å²) in [4.78, 5) is 24.1. The first-order valence-electron chi connectivity index (χ1n) is 6.17.